The van der Waals surface area contributed by atoms with Crippen LogP contribution < -0.4 is 19.5 Å². The number of ether oxygens (including phenoxy) is 3. The number of carbonyl (C=O) groups is 2. The van der Waals surface area contributed by atoms with E-state index in [9.17, 15) is 24.9 Å². The molecule has 2 amide bonds. The summed E-state index contributed by atoms with van der Waals surface area (Å²) in [4.78, 5) is 28.7. The fourth-order valence-corrected chi connectivity index (χ4v) is 6.17. The summed E-state index contributed by atoms with van der Waals surface area (Å²) in [7, 11) is 3.09. The smallest absolute Gasteiger partial charge is 0.247 e. The van der Waals surface area contributed by atoms with E-state index >= 15 is 0 Å². The van der Waals surface area contributed by atoms with Gasteiger partial charge in [-0.3, -0.25) is 9.59 Å². The Labute approximate surface area is 259 Å². The Kier molecular flexibility index (Phi) is 11.5. The fraction of sp³-hybridized carbons (Fsp3) is 0.484. The van der Waals surface area contributed by atoms with E-state index in [-0.39, 0.29) is 38.0 Å². The average molecular weight is 695 g/mol. The highest BCUT2D eigenvalue weighted by atomic mass is 127. The molecule has 0 heterocycles. The van der Waals surface area contributed by atoms with Crippen molar-refractivity contribution in [2.24, 2.45) is 5.92 Å². The van der Waals surface area contributed by atoms with E-state index in [2.05, 4.69) is 27.9 Å². The van der Waals surface area contributed by atoms with Crippen molar-refractivity contribution in [1.29, 1.82) is 0 Å². The lowest BCUT2D eigenvalue weighted by atomic mass is 9.82. The number of carbonyl (C=O) groups excluding carboxylic acids is 2. The summed E-state index contributed by atoms with van der Waals surface area (Å²) in [6.45, 7) is -0.00733. The molecule has 1 fully saturated rings. The molecule has 0 aliphatic heterocycles. The maximum atomic E-state index is 13.8. The molecule has 11 heteroatoms. The molecule has 0 radical (unpaired) electrons. The van der Waals surface area contributed by atoms with Gasteiger partial charge in [-0.15, -0.1) is 0 Å². The minimum absolute atomic E-state index is 0.0459. The van der Waals surface area contributed by atoms with Gasteiger partial charge in [-0.2, -0.15) is 0 Å². The van der Waals surface area contributed by atoms with Gasteiger partial charge in [0.2, 0.25) is 11.8 Å². The number of aliphatic hydroxyl groups is 3. The third-order valence-corrected chi connectivity index (χ3v) is 8.69. The van der Waals surface area contributed by atoms with Crippen molar-refractivity contribution < 1.29 is 39.1 Å². The van der Waals surface area contributed by atoms with E-state index in [0.717, 1.165) is 30.6 Å². The normalized spacial score (nSPS) is 20.2. The van der Waals surface area contributed by atoms with Crippen molar-refractivity contribution in [2.45, 2.75) is 57.0 Å². The molecular weight excluding hydrogens is 655 g/mol. The minimum Gasteiger partial charge on any atom is -0.496 e. The van der Waals surface area contributed by atoms with Gasteiger partial charge in [0, 0.05) is 31.0 Å². The van der Waals surface area contributed by atoms with Crippen molar-refractivity contribution in [1.82, 2.24) is 10.2 Å². The van der Waals surface area contributed by atoms with Gasteiger partial charge in [0.1, 0.15) is 18.0 Å². The molecule has 42 heavy (non-hydrogen) atoms. The second kappa shape index (κ2) is 15.0. The maximum Gasteiger partial charge on any atom is 0.247 e. The van der Waals surface area contributed by atoms with E-state index < -0.39 is 24.2 Å². The highest BCUT2D eigenvalue weighted by Gasteiger charge is 2.43. The third kappa shape index (κ3) is 7.36. The Balaban J connectivity index is 1.69. The summed E-state index contributed by atoms with van der Waals surface area (Å²) in [5, 5.41) is 33.4. The van der Waals surface area contributed by atoms with Gasteiger partial charge in [0.15, 0.2) is 11.5 Å². The van der Waals surface area contributed by atoms with Crippen LogP contribution in [0.1, 0.15) is 36.8 Å². The van der Waals surface area contributed by atoms with Crippen LogP contribution in [-0.2, 0) is 22.6 Å². The van der Waals surface area contributed by atoms with Crippen LogP contribution in [-0.4, -0.2) is 84.2 Å². The van der Waals surface area contributed by atoms with E-state index in [4.69, 9.17) is 14.2 Å². The fourth-order valence-electron chi connectivity index (χ4n) is 5.37. The van der Waals surface area contributed by atoms with Crippen LogP contribution in [0.2, 0.25) is 0 Å². The summed E-state index contributed by atoms with van der Waals surface area (Å²) in [5.41, 5.74) is 1.93. The van der Waals surface area contributed by atoms with Crippen LogP contribution in [0.3, 0.4) is 0 Å². The first-order chi connectivity index (χ1) is 20.3. The molecule has 2 aliphatic rings. The molecule has 2 aromatic carbocycles. The molecule has 3 unspecified atom stereocenters. The van der Waals surface area contributed by atoms with Crippen LogP contribution in [0.4, 0.5) is 0 Å². The maximum absolute atomic E-state index is 13.8. The first kappa shape index (κ1) is 32.1. The van der Waals surface area contributed by atoms with E-state index in [1.165, 1.54) is 7.11 Å². The average Bonchev–Trinajstić information content (AvgIpc) is 2.97. The van der Waals surface area contributed by atoms with Crippen LogP contribution in [0.5, 0.6) is 17.2 Å². The zero-order valence-corrected chi connectivity index (χ0v) is 26.1. The highest BCUT2D eigenvalue weighted by Crippen LogP contribution is 2.38. The van der Waals surface area contributed by atoms with Gasteiger partial charge in [0.05, 0.1) is 37.0 Å². The number of aliphatic hydroxyl groups excluding tert-OH is 3. The lowest BCUT2D eigenvalue weighted by molar-refractivity contribution is -0.145. The van der Waals surface area contributed by atoms with Crippen molar-refractivity contribution in [2.75, 3.05) is 33.9 Å². The summed E-state index contributed by atoms with van der Waals surface area (Å²) < 4.78 is 18.0. The van der Waals surface area contributed by atoms with Crippen LogP contribution in [0, 0.1) is 9.49 Å². The Morgan fingerprint density at radius 1 is 1.10 bits per heavy atom. The minimum atomic E-state index is -1.15. The molecule has 0 spiro atoms. The molecule has 228 valence electrons. The molecule has 2 aromatic rings. The van der Waals surface area contributed by atoms with Gasteiger partial charge >= 0.3 is 0 Å². The van der Waals surface area contributed by atoms with E-state index in [0.29, 0.717) is 39.2 Å². The Morgan fingerprint density at radius 3 is 2.48 bits per heavy atom. The monoisotopic (exact) mass is 694 g/mol. The van der Waals surface area contributed by atoms with E-state index in [1.807, 2.05) is 24.3 Å². The number of para-hydroxylation sites is 1. The van der Waals surface area contributed by atoms with Gasteiger partial charge in [0.25, 0.3) is 0 Å². The predicted molar refractivity (Wildman–Crippen MR) is 164 cm³/mol. The number of nitrogens with one attached hydrogen (secondary N) is 1. The lowest BCUT2D eigenvalue weighted by Crippen LogP contribution is -2.57. The van der Waals surface area contributed by atoms with Crippen molar-refractivity contribution in [3.63, 3.8) is 0 Å². The molecule has 0 bridgehead atoms. The molecular formula is C31H39IN2O8. The highest BCUT2D eigenvalue weighted by molar-refractivity contribution is 14.1. The summed E-state index contributed by atoms with van der Waals surface area (Å²) in [6, 6.07) is 10.3. The molecule has 3 atom stereocenters. The Morgan fingerprint density at radius 2 is 1.83 bits per heavy atom. The van der Waals surface area contributed by atoms with Crippen molar-refractivity contribution in [3.8, 4) is 17.2 Å². The zero-order valence-electron chi connectivity index (χ0n) is 23.9. The standard InChI is InChI=1S/C31H39IN2O8/c1-40-25-9-4-3-6-20(25)10-12-34(31(39)21-7-5-8-21)24-16-22(30(38)33-11-13-35)17-26(28(24)37)42-29-23(32)14-19(18-36)15-27(29)41-2/h3-4,6,9,14-15,17,21,24,26,28,35-37H,5,7-8,10-13,16,18H2,1-2H3,(H,33,38). The predicted octanol–water partition coefficient (Wildman–Crippen LogP) is 2.59. The van der Waals surface area contributed by atoms with Gasteiger partial charge in [-0.1, -0.05) is 24.6 Å². The summed E-state index contributed by atoms with van der Waals surface area (Å²) in [6.07, 6.45) is 2.63. The number of nitrogens with zero attached hydrogens (tertiary/aromatic N) is 1. The first-order valence-electron chi connectivity index (χ1n) is 14.1. The van der Waals surface area contributed by atoms with Gasteiger partial charge in [-0.05, 0) is 77.3 Å². The van der Waals surface area contributed by atoms with Crippen LogP contribution >= 0.6 is 22.6 Å². The second-order valence-corrected chi connectivity index (χ2v) is 11.7. The number of hydrogen-bond donors (Lipinski definition) is 4. The number of amides is 2. The molecule has 0 aromatic heterocycles. The molecule has 0 saturated heterocycles. The van der Waals surface area contributed by atoms with Crippen molar-refractivity contribution >= 4 is 34.4 Å². The molecule has 2 aliphatic carbocycles. The van der Waals surface area contributed by atoms with Crippen LogP contribution in [0.25, 0.3) is 0 Å². The number of benzene rings is 2. The molecule has 4 rings (SSSR count). The topological polar surface area (TPSA) is 138 Å². The Hall–Kier alpha value is -2.87. The third-order valence-electron chi connectivity index (χ3n) is 7.89. The Bertz CT molecular complexity index is 1280. The summed E-state index contributed by atoms with van der Waals surface area (Å²) >= 11 is 2.07. The molecule has 4 N–H and O–H groups in total. The number of rotatable bonds is 13. The van der Waals surface area contributed by atoms with Crippen molar-refractivity contribution in [3.05, 3.63) is 62.7 Å². The van der Waals surface area contributed by atoms with Crippen LogP contribution in [0.15, 0.2) is 48.0 Å². The molecule has 1 saturated carbocycles. The SMILES string of the molecule is COc1ccccc1CCN(C(=O)C1CCC1)C1CC(C(=O)NCCO)=CC(Oc2c(I)cc(CO)cc2OC)C1O. The number of hydrogen-bond acceptors (Lipinski definition) is 8. The first-order valence-corrected chi connectivity index (χ1v) is 15.2. The van der Waals surface area contributed by atoms with Gasteiger partial charge in [-0.25, -0.2) is 0 Å². The largest absolute Gasteiger partial charge is 0.496 e. The number of halogens is 1. The zero-order chi connectivity index (χ0) is 30.2. The van der Waals surface area contributed by atoms with E-state index in [1.54, 1.807) is 30.2 Å². The molecule has 10 nitrogen and oxygen atoms in total. The second-order valence-electron chi connectivity index (χ2n) is 10.5. The summed E-state index contributed by atoms with van der Waals surface area (Å²) in [5.74, 6) is 0.883. The van der Waals surface area contributed by atoms with Gasteiger partial charge < -0.3 is 39.7 Å². The number of methoxy groups -OCH3 is 2. The lowest BCUT2D eigenvalue weighted by Gasteiger charge is -2.43. The quantitative estimate of drug-likeness (QED) is 0.235.